The first-order chi connectivity index (χ1) is 12.0. The second-order valence-electron chi connectivity index (χ2n) is 6.12. The summed E-state index contributed by atoms with van der Waals surface area (Å²) in [6.45, 7) is 3.97. The number of para-hydroxylation sites is 1. The van der Waals surface area contributed by atoms with E-state index in [2.05, 4.69) is 15.5 Å². The largest absolute Gasteiger partial charge is 0.334 e. The number of nitrogens with zero attached hydrogens (tertiary/aromatic N) is 2. The molecule has 0 bridgehead atoms. The number of anilines is 1. The number of carbonyl (C=O) groups is 1. The van der Waals surface area contributed by atoms with Gasteiger partial charge in [0.05, 0.1) is 11.3 Å². The Labute approximate surface area is 144 Å². The Morgan fingerprint density at radius 2 is 1.88 bits per heavy atom. The topological polar surface area (TPSA) is 68.0 Å². The molecule has 0 saturated heterocycles. The highest BCUT2D eigenvalue weighted by Crippen LogP contribution is 2.28. The number of carbonyl (C=O) groups excluding carboxylic acids is 1. The first kappa shape index (κ1) is 16.8. The zero-order valence-corrected chi connectivity index (χ0v) is 14.0. The fraction of sp³-hybridized carbons (Fsp3) is 0.211. The van der Waals surface area contributed by atoms with Crippen LogP contribution in [-0.4, -0.2) is 16.0 Å². The third-order valence-electron chi connectivity index (χ3n) is 3.55. The molecule has 3 rings (SSSR count). The third kappa shape index (κ3) is 4.09. The van der Waals surface area contributed by atoms with Crippen LogP contribution in [0.3, 0.4) is 0 Å². The van der Waals surface area contributed by atoms with Gasteiger partial charge in [0.2, 0.25) is 11.7 Å². The van der Waals surface area contributed by atoms with Gasteiger partial charge in [-0.15, -0.1) is 0 Å². The molecule has 6 heteroatoms. The molecule has 0 unspecified atom stereocenters. The van der Waals surface area contributed by atoms with Gasteiger partial charge in [0.1, 0.15) is 5.82 Å². The summed E-state index contributed by atoms with van der Waals surface area (Å²) in [5, 5.41) is 6.82. The van der Waals surface area contributed by atoms with E-state index in [4.69, 9.17) is 4.52 Å². The van der Waals surface area contributed by atoms with Crippen LogP contribution in [0.1, 0.15) is 20.3 Å². The number of amides is 1. The number of hydrogen-bond acceptors (Lipinski definition) is 4. The summed E-state index contributed by atoms with van der Waals surface area (Å²) >= 11 is 0. The van der Waals surface area contributed by atoms with Gasteiger partial charge in [-0.3, -0.25) is 4.79 Å². The number of aromatic nitrogens is 2. The molecule has 0 fully saturated rings. The lowest BCUT2D eigenvalue weighted by atomic mass is 10.1. The van der Waals surface area contributed by atoms with Crippen LogP contribution in [0.5, 0.6) is 0 Å². The van der Waals surface area contributed by atoms with Crippen molar-refractivity contribution in [2.45, 2.75) is 20.3 Å². The minimum atomic E-state index is -0.328. The van der Waals surface area contributed by atoms with E-state index in [1.807, 2.05) is 26.0 Å². The number of nitrogens with one attached hydrogen (secondary N) is 1. The van der Waals surface area contributed by atoms with Gasteiger partial charge in [0, 0.05) is 12.0 Å². The van der Waals surface area contributed by atoms with Gasteiger partial charge < -0.3 is 9.84 Å². The first-order valence-electron chi connectivity index (χ1n) is 8.02. The van der Waals surface area contributed by atoms with E-state index >= 15 is 0 Å². The molecular formula is C19H18FN3O2. The van der Waals surface area contributed by atoms with Crippen molar-refractivity contribution < 1.29 is 13.7 Å². The molecule has 1 heterocycles. The van der Waals surface area contributed by atoms with E-state index in [0.717, 1.165) is 0 Å². The van der Waals surface area contributed by atoms with Crippen molar-refractivity contribution in [2.75, 3.05) is 5.32 Å². The van der Waals surface area contributed by atoms with E-state index in [-0.39, 0.29) is 17.6 Å². The smallest absolute Gasteiger partial charge is 0.260 e. The van der Waals surface area contributed by atoms with Crippen molar-refractivity contribution in [3.63, 3.8) is 0 Å². The molecule has 0 spiro atoms. The third-order valence-corrected chi connectivity index (χ3v) is 3.55. The average Bonchev–Trinajstić information content (AvgIpc) is 3.05. The maximum atomic E-state index is 13.0. The summed E-state index contributed by atoms with van der Waals surface area (Å²) in [6.07, 6.45) is 0.430. The molecule has 25 heavy (non-hydrogen) atoms. The van der Waals surface area contributed by atoms with E-state index in [0.29, 0.717) is 35.0 Å². The van der Waals surface area contributed by atoms with Gasteiger partial charge in [-0.2, -0.15) is 4.98 Å². The van der Waals surface area contributed by atoms with Gasteiger partial charge in [0.25, 0.3) is 5.89 Å². The normalized spacial score (nSPS) is 10.9. The fourth-order valence-corrected chi connectivity index (χ4v) is 2.40. The molecule has 128 valence electrons. The monoisotopic (exact) mass is 339 g/mol. The summed E-state index contributed by atoms with van der Waals surface area (Å²) in [5.74, 6) is 0.519. The molecule has 1 aromatic heterocycles. The summed E-state index contributed by atoms with van der Waals surface area (Å²) in [4.78, 5) is 16.4. The van der Waals surface area contributed by atoms with E-state index in [9.17, 15) is 9.18 Å². The zero-order chi connectivity index (χ0) is 17.8. The predicted octanol–water partition coefficient (Wildman–Crippen LogP) is 4.53. The number of hydrogen-bond donors (Lipinski definition) is 1. The van der Waals surface area contributed by atoms with Gasteiger partial charge in [-0.1, -0.05) is 31.1 Å². The lowest BCUT2D eigenvalue weighted by molar-refractivity contribution is -0.116. The Bertz CT molecular complexity index is 872. The Hall–Kier alpha value is -3.02. The van der Waals surface area contributed by atoms with Crippen LogP contribution >= 0.6 is 0 Å². The van der Waals surface area contributed by atoms with Crippen molar-refractivity contribution in [2.24, 2.45) is 5.92 Å². The summed E-state index contributed by atoms with van der Waals surface area (Å²) in [5.41, 5.74) is 1.90. The quantitative estimate of drug-likeness (QED) is 0.742. The standard InChI is InChI=1S/C19H18FN3O2/c1-12(2)11-17(24)21-16-6-4-3-5-15(16)19-22-18(23-25-19)13-7-9-14(20)10-8-13/h3-10,12H,11H2,1-2H3,(H,21,24). The zero-order valence-electron chi connectivity index (χ0n) is 14.0. The molecule has 0 aliphatic carbocycles. The molecular weight excluding hydrogens is 321 g/mol. The second-order valence-corrected chi connectivity index (χ2v) is 6.12. The molecule has 0 aliphatic heterocycles. The van der Waals surface area contributed by atoms with Crippen molar-refractivity contribution >= 4 is 11.6 Å². The van der Waals surface area contributed by atoms with Gasteiger partial charge >= 0.3 is 0 Å². The molecule has 0 atom stereocenters. The highest BCUT2D eigenvalue weighted by atomic mass is 19.1. The Balaban J connectivity index is 1.87. The van der Waals surface area contributed by atoms with Gasteiger partial charge in [0.15, 0.2) is 0 Å². The molecule has 3 aromatic rings. The van der Waals surface area contributed by atoms with Crippen molar-refractivity contribution in [1.82, 2.24) is 10.1 Å². The van der Waals surface area contributed by atoms with Crippen molar-refractivity contribution in [3.8, 4) is 22.8 Å². The molecule has 1 amide bonds. The van der Waals surface area contributed by atoms with Crippen LogP contribution in [0.4, 0.5) is 10.1 Å². The Kier molecular flexibility index (Phi) is 4.88. The predicted molar refractivity (Wildman–Crippen MR) is 93.2 cm³/mol. The van der Waals surface area contributed by atoms with E-state index < -0.39 is 0 Å². The number of rotatable bonds is 5. The maximum absolute atomic E-state index is 13.0. The summed E-state index contributed by atoms with van der Waals surface area (Å²) in [6, 6.07) is 13.1. The minimum Gasteiger partial charge on any atom is -0.334 e. The van der Waals surface area contributed by atoms with Crippen LogP contribution in [0.25, 0.3) is 22.8 Å². The van der Waals surface area contributed by atoms with Crippen LogP contribution in [0.2, 0.25) is 0 Å². The van der Waals surface area contributed by atoms with Crippen molar-refractivity contribution in [1.29, 1.82) is 0 Å². The summed E-state index contributed by atoms with van der Waals surface area (Å²) < 4.78 is 18.4. The maximum Gasteiger partial charge on any atom is 0.260 e. The van der Waals surface area contributed by atoms with Crippen LogP contribution in [0.15, 0.2) is 53.1 Å². The van der Waals surface area contributed by atoms with E-state index in [1.54, 1.807) is 24.3 Å². The Morgan fingerprint density at radius 1 is 1.16 bits per heavy atom. The highest BCUT2D eigenvalue weighted by molar-refractivity contribution is 5.94. The van der Waals surface area contributed by atoms with E-state index in [1.165, 1.54) is 12.1 Å². The molecule has 0 radical (unpaired) electrons. The molecule has 1 N–H and O–H groups in total. The molecule has 2 aromatic carbocycles. The molecule has 0 saturated carbocycles. The minimum absolute atomic E-state index is 0.0688. The van der Waals surface area contributed by atoms with Gasteiger partial charge in [-0.25, -0.2) is 4.39 Å². The van der Waals surface area contributed by atoms with Crippen LogP contribution in [0, 0.1) is 11.7 Å². The van der Waals surface area contributed by atoms with Gasteiger partial charge in [-0.05, 0) is 42.3 Å². The fourth-order valence-electron chi connectivity index (χ4n) is 2.40. The Morgan fingerprint density at radius 3 is 2.60 bits per heavy atom. The van der Waals surface area contributed by atoms with Crippen LogP contribution in [-0.2, 0) is 4.79 Å². The molecule has 0 aliphatic rings. The van der Waals surface area contributed by atoms with Crippen molar-refractivity contribution in [3.05, 3.63) is 54.3 Å². The van der Waals surface area contributed by atoms with Crippen LogP contribution < -0.4 is 5.32 Å². The molecule has 5 nitrogen and oxygen atoms in total. The highest BCUT2D eigenvalue weighted by Gasteiger charge is 2.15. The number of halogens is 1. The number of benzene rings is 2. The summed E-state index contributed by atoms with van der Waals surface area (Å²) in [7, 11) is 0. The lowest BCUT2D eigenvalue weighted by Crippen LogP contribution is -2.14. The lowest BCUT2D eigenvalue weighted by Gasteiger charge is -2.09. The SMILES string of the molecule is CC(C)CC(=O)Nc1ccccc1-c1nc(-c2ccc(F)cc2)no1. The first-order valence-corrected chi connectivity index (χ1v) is 8.02. The second kappa shape index (κ2) is 7.25. The average molecular weight is 339 g/mol.